The number of hydrogen-bond acceptors (Lipinski definition) is 3. The van der Waals surface area contributed by atoms with Gasteiger partial charge >= 0.3 is 0 Å². The van der Waals surface area contributed by atoms with E-state index in [2.05, 4.69) is 37.3 Å². The first-order valence-electron chi connectivity index (χ1n) is 7.08. The molecule has 0 aliphatic heterocycles. The molecule has 0 aliphatic carbocycles. The first kappa shape index (κ1) is 15.9. The number of rotatable bonds is 6. The summed E-state index contributed by atoms with van der Waals surface area (Å²) in [6, 6.07) is 8.09. The third-order valence-corrected chi connectivity index (χ3v) is 3.16. The van der Waals surface area contributed by atoms with Gasteiger partial charge in [-0.25, -0.2) is 0 Å². The summed E-state index contributed by atoms with van der Waals surface area (Å²) in [6.07, 6.45) is 3.42. The topological polar surface area (TPSA) is 39.1 Å². The molecular weight excluding hydrogens is 286 g/mol. The highest BCUT2D eigenvalue weighted by Crippen LogP contribution is 2.18. The Balaban J connectivity index is 1.90. The second-order valence-electron chi connectivity index (χ2n) is 5.98. The largest absolute Gasteiger partial charge is 0.491 e. The van der Waals surface area contributed by atoms with Gasteiger partial charge in [0.1, 0.15) is 12.4 Å². The van der Waals surface area contributed by atoms with Gasteiger partial charge in [0.15, 0.2) is 0 Å². The molecule has 4 nitrogen and oxygen atoms in total. The van der Waals surface area contributed by atoms with Crippen LogP contribution in [0.4, 0.5) is 0 Å². The average molecular weight is 308 g/mol. The highest BCUT2D eigenvalue weighted by atomic mass is 35.5. The number of nitrogens with one attached hydrogen (secondary N) is 1. The van der Waals surface area contributed by atoms with E-state index in [1.807, 2.05) is 18.2 Å². The molecule has 1 aromatic heterocycles. The molecule has 0 spiro atoms. The van der Waals surface area contributed by atoms with Crippen LogP contribution in [0.25, 0.3) is 0 Å². The van der Waals surface area contributed by atoms with E-state index in [0.29, 0.717) is 18.2 Å². The van der Waals surface area contributed by atoms with Crippen LogP contribution in [0.3, 0.4) is 0 Å². The van der Waals surface area contributed by atoms with E-state index in [0.717, 1.165) is 17.9 Å². The number of nitrogens with zero attached hydrogens (tertiary/aromatic N) is 2. The number of aromatic nitrogens is 2. The van der Waals surface area contributed by atoms with Gasteiger partial charge in [-0.15, -0.1) is 0 Å². The number of benzene rings is 1. The summed E-state index contributed by atoms with van der Waals surface area (Å²) in [7, 11) is 0. The zero-order chi connectivity index (χ0) is 15.3. The lowest BCUT2D eigenvalue weighted by atomic mass is 10.1. The van der Waals surface area contributed by atoms with Crippen molar-refractivity contribution in [3.8, 4) is 5.75 Å². The van der Waals surface area contributed by atoms with Gasteiger partial charge in [-0.2, -0.15) is 5.10 Å². The quantitative estimate of drug-likeness (QED) is 0.887. The Kier molecular flexibility index (Phi) is 5.26. The van der Waals surface area contributed by atoms with Gasteiger partial charge < -0.3 is 10.1 Å². The number of para-hydroxylation sites is 1. The monoisotopic (exact) mass is 307 g/mol. The molecule has 1 heterocycles. The van der Waals surface area contributed by atoms with E-state index >= 15 is 0 Å². The minimum atomic E-state index is 0.0823. The van der Waals surface area contributed by atoms with Crippen molar-refractivity contribution in [1.29, 1.82) is 0 Å². The predicted molar refractivity (Wildman–Crippen MR) is 85.8 cm³/mol. The van der Waals surface area contributed by atoms with Gasteiger partial charge in [0.2, 0.25) is 0 Å². The molecule has 0 amide bonds. The van der Waals surface area contributed by atoms with Gasteiger partial charge in [-0.05, 0) is 26.8 Å². The minimum absolute atomic E-state index is 0.0823. The van der Waals surface area contributed by atoms with Crippen LogP contribution in [0.15, 0.2) is 36.7 Å². The molecule has 5 heteroatoms. The van der Waals surface area contributed by atoms with Gasteiger partial charge in [-0.3, -0.25) is 4.68 Å². The summed E-state index contributed by atoms with van der Waals surface area (Å²) in [4.78, 5) is 0. The molecule has 21 heavy (non-hydrogen) atoms. The second kappa shape index (κ2) is 6.96. The van der Waals surface area contributed by atoms with E-state index in [1.165, 1.54) is 0 Å². The van der Waals surface area contributed by atoms with Crippen LogP contribution in [-0.2, 0) is 13.1 Å². The highest BCUT2D eigenvalue weighted by molar-refractivity contribution is 6.30. The third kappa shape index (κ3) is 5.40. The van der Waals surface area contributed by atoms with E-state index in [9.17, 15) is 0 Å². The summed E-state index contributed by atoms with van der Waals surface area (Å²) in [6.45, 7) is 8.47. The van der Waals surface area contributed by atoms with Gasteiger partial charge in [-0.1, -0.05) is 29.8 Å². The van der Waals surface area contributed by atoms with Crippen molar-refractivity contribution < 1.29 is 4.74 Å². The van der Waals surface area contributed by atoms with Crippen LogP contribution in [0, 0.1) is 0 Å². The first-order valence-corrected chi connectivity index (χ1v) is 7.45. The first-order chi connectivity index (χ1) is 9.94. The van der Waals surface area contributed by atoms with Crippen LogP contribution < -0.4 is 10.1 Å². The van der Waals surface area contributed by atoms with Crippen LogP contribution in [0.1, 0.15) is 26.3 Å². The molecule has 1 N–H and O–H groups in total. The molecule has 0 fully saturated rings. The van der Waals surface area contributed by atoms with Crippen LogP contribution in [-0.4, -0.2) is 21.9 Å². The summed E-state index contributed by atoms with van der Waals surface area (Å²) < 4.78 is 7.65. The fraction of sp³-hybridized carbons (Fsp3) is 0.438. The zero-order valence-corrected chi connectivity index (χ0v) is 13.5. The van der Waals surface area contributed by atoms with Gasteiger partial charge in [0.05, 0.1) is 17.8 Å². The van der Waals surface area contributed by atoms with Crippen LogP contribution in [0.2, 0.25) is 5.02 Å². The van der Waals surface area contributed by atoms with Crippen molar-refractivity contribution >= 4 is 11.6 Å². The lowest BCUT2D eigenvalue weighted by molar-refractivity contribution is 0.286. The summed E-state index contributed by atoms with van der Waals surface area (Å²) >= 11 is 5.83. The van der Waals surface area contributed by atoms with E-state index in [4.69, 9.17) is 16.3 Å². The van der Waals surface area contributed by atoms with Crippen molar-refractivity contribution in [2.75, 3.05) is 6.61 Å². The standard InChI is InChI=1S/C16H22ClN3O/c1-16(2,3)18-10-13-6-4-5-7-15(13)21-9-8-20-12-14(17)11-19-20/h4-7,11-12,18H,8-10H2,1-3H3. The van der Waals surface area contributed by atoms with E-state index in [-0.39, 0.29) is 5.54 Å². The summed E-state index contributed by atoms with van der Waals surface area (Å²) in [5.74, 6) is 0.910. The molecule has 0 radical (unpaired) electrons. The number of halogens is 1. The molecule has 0 unspecified atom stereocenters. The maximum absolute atomic E-state index is 5.87. The van der Waals surface area contributed by atoms with Crippen molar-refractivity contribution in [1.82, 2.24) is 15.1 Å². The Morgan fingerprint density at radius 1 is 1.29 bits per heavy atom. The molecule has 0 saturated heterocycles. The average Bonchev–Trinajstić information content (AvgIpc) is 2.82. The van der Waals surface area contributed by atoms with Crippen molar-refractivity contribution in [3.05, 3.63) is 47.2 Å². The summed E-state index contributed by atoms with van der Waals surface area (Å²) in [5, 5.41) is 8.25. The number of ether oxygens (including phenoxy) is 1. The molecule has 0 atom stereocenters. The number of hydrogen-bond donors (Lipinski definition) is 1. The van der Waals surface area contributed by atoms with Crippen molar-refractivity contribution in [2.45, 2.75) is 39.4 Å². The highest BCUT2D eigenvalue weighted by Gasteiger charge is 2.10. The lowest BCUT2D eigenvalue weighted by Crippen LogP contribution is -2.35. The molecule has 2 aromatic rings. The normalized spacial score (nSPS) is 11.6. The molecular formula is C16H22ClN3O. The molecule has 1 aromatic carbocycles. The predicted octanol–water partition coefficient (Wildman–Crippen LogP) is 3.50. The molecule has 0 bridgehead atoms. The second-order valence-corrected chi connectivity index (χ2v) is 6.42. The maximum atomic E-state index is 5.87. The van der Waals surface area contributed by atoms with Gasteiger partial charge in [0, 0.05) is 23.8 Å². The SMILES string of the molecule is CC(C)(C)NCc1ccccc1OCCn1cc(Cl)cn1. The Bertz CT molecular complexity index is 575. The lowest BCUT2D eigenvalue weighted by Gasteiger charge is -2.21. The fourth-order valence-electron chi connectivity index (χ4n) is 1.86. The molecule has 114 valence electrons. The smallest absolute Gasteiger partial charge is 0.123 e. The van der Waals surface area contributed by atoms with Crippen LogP contribution in [0.5, 0.6) is 5.75 Å². The Hall–Kier alpha value is -1.52. The minimum Gasteiger partial charge on any atom is -0.491 e. The van der Waals surface area contributed by atoms with E-state index < -0.39 is 0 Å². The zero-order valence-electron chi connectivity index (χ0n) is 12.8. The molecule has 2 rings (SSSR count). The van der Waals surface area contributed by atoms with Crippen LogP contribution >= 0.6 is 11.6 Å². The maximum Gasteiger partial charge on any atom is 0.123 e. The van der Waals surface area contributed by atoms with Gasteiger partial charge in [0.25, 0.3) is 0 Å². The van der Waals surface area contributed by atoms with E-state index in [1.54, 1.807) is 17.1 Å². The van der Waals surface area contributed by atoms with Crippen molar-refractivity contribution in [3.63, 3.8) is 0 Å². The Labute approximate surface area is 131 Å². The Morgan fingerprint density at radius 2 is 2.05 bits per heavy atom. The third-order valence-electron chi connectivity index (χ3n) is 2.96. The molecule has 0 saturated carbocycles. The fourth-order valence-corrected chi connectivity index (χ4v) is 2.02. The van der Waals surface area contributed by atoms with Crippen molar-refractivity contribution in [2.24, 2.45) is 0 Å². The summed E-state index contributed by atoms with van der Waals surface area (Å²) in [5.41, 5.74) is 1.24. The Morgan fingerprint density at radius 3 is 2.71 bits per heavy atom. The molecule has 0 aliphatic rings.